The van der Waals surface area contributed by atoms with Crippen molar-refractivity contribution in [1.29, 1.82) is 0 Å². The number of hydrogen-bond donors (Lipinski definition) is 0. The van der Waals surface area contributed by atoms with E-state index < -0.39 is 0 Å². The molecule has 0 amide bonds. The summed E-state index contributed by atoms with van der Waals surface area (Å²) in [4.78, 5) is 4.21. The van der Waals surface area contributed by atoms with Crippen molar-refractivity contribution < 1.29 is 0 Å². The molecule has 0 atom stereocenters. The molecule has 2 aromatic heterocycles. The number of aromatic nitrogens is 3. The molecule has 0 aliphatic rings. The molecule has 2 rings (SSSR count). The second-order valence-electron chi connectivity index (χ2n) is 2.53. The molecule has 2 heterocycles. The molecule has 3 nitrogen and oxygen atoms in total. The monoisotopic (exact) mass is 237 g/mol. The van der Waals surface area contributed by atoms with E-state index in [4.69, 9.17) is 0 Å². The van der Waals surface area contributed by atoms with E-state index in [-0.39, 0.29) is 0 Å². The minimum absolute atomic E-state index is 0.840. The van der Waals surface area contributed by atoms with Gasteiger partial charge in [-0.05, 0) is 18.2 Å². The predicted molar refractivity (Wildman–Crippen MR) is 55.8 cm³/mol. The first kappa shape index (κ1) is 8.44. The van der Waals surface area contributed by atoms with E-state index in [0.717, 1.165) is 16.7 Å². The number of fused-ring (bicyclic) bond motifs is 1. The lowest BCUT2D eigenvalue weighted by Crippen LogP contribution is -1.91. The second kappa shape index (κ2) is 3.70. The van der Waals surface area contributed by atoms with Crippen molar-refractivity contribution in [1.82, 2.24) is 14.6 Å². The van der Waals surface area contributed by atoms with Crippen LogP contribution in [0.25, 0.3) is 11.7 Å². The quantitative estimate of drug-likeness (QED) is 0.750. The van der Waals surface area contributed by atoms with Crippen LogP contribution < -0.4 is 0 Å². The second-order valence-corrected chi connectivity index (χ2v) is 3.18. The Morgan fingerprint density at radius 2 is 2.46 bits per heavy atom. The van der Waals surface area contributed by atoms with E-state index in [1.807, 2.05) is 30.5 Å². The molecule has 0 aliphatic heterocycles. The zero-order valence-electron chi connectivity index (χ0n) is 6.89. The summed E-state index contributed by atoms with van der Waals surface area (Å²) in [5, 5.41) is 5.02. The predicted octanol–water partition coefficient (Wildman–Crippen LogP) is 2.14. The average molecular weight is 238 g/mol. The third-order valence-electron chi connectivity index (χ3n) is 1.68. The van der Waals surface area contributed by atoms with Crippen molar-refractivity contribution in [3.05, 3.63) is 36.3 Å². The topological polar surface area (TPSA) is 30.2 Å². The van der Waals surface area contributed by atoms with E-state index >= 15 is 0 Å². The standard InChI is InChI=1S/C9H8BrN3/c10-5-1-3-8-7-11-9-4-2-6-12-13(8)9/h1-4,6-7H,5H2. The van der Waals surface area contributed by atoms with Gasteiger partial charge in [-0.3, -0.25) is 0 Å². The lowest BCUT2D eigenvalue weighted by molar-refractivity contribution is 0.926. The number of rotatable bonds is 2. The van der Waals surface area contributed by atoms with Gasteiger partial charge in [0.05, 0.1) is 11.9 Å². The van der Waals surface area contributed by atoms with E-state index in [1.54, 1.807) is 10.7 Å². The highest BCUT2D eigenvalue weighted by Gasteiger charge is 1.97. The molecule has 0 radical (unpaired) electrons. The Labute approximate surface area is 84.2 Å². The van der Waals surface area contributed by atoms with E-state index in [2.05, 4.69) is 26.0 Å². The van der Waals surface area contributed by atoms with Gasteiger partial charge >= 0.3 is 0 Å². The largest absolute Gasteiger partial charge is 0.235 e. The van der Waals surface area contributed by atoms with Crippen molar-refractivity contribution in [3.8, 4) is 0 Å². The van der Waals surface area contributed by atoms with Crippen molar-refractivity contribution in [3.63, 3.8) is 0 Å². The Morgan fingerprint density at radius 1 is 1.54 bits per heavy atom. The van der Waals surface area contributed by atoms with E-state index in [1.165, 1.54) is 0 Å². The van der Waals surface area contributed by atoms with Gasteiger partial charge in [0.1, 0.15) is 0 Å². The third-order valence-corrected chi connectivity index (χ3v) is 2.06. The van der Waals surface area contributed by atoms with Gasteiger partial charge in [0.2, 0.25) is 0 Å². The van der Waals surface area contributed by atoms with Crippen LogP contribution in [0.2, 0.25) is 0 Å². The summed E-state index contributed by atoms with van der Waals surface area (Å²) in [6, 6.07) is 3.80. The van der Waals surface area contributed by atoms with Crippen molar-refractivity contribution in [2.24, 2.45) is 0 Å². The molecule has 0 bridgehead atoms. The van der Waals surface area contributed by atoms with Gasteiger partial charge in [-0.2, -0.15) is 5.10 Å². The van der Waals surface area contributed by atoms with Crippen LogP contribution in [-0.2, 0) is 0 Å². The fourth-order valence-corrected chi connectivity index (χ4v) is 1.31. The molecule has 0 saturated heterocycles. The van der Waals surface area contributed by atoms with Crippen LogP contribution in [0.4, 0.5) is 0 Å². The van der Waals surface area contributed by atoms with Gasteiger partial charge in [-0.25, -0.2) is 9.50 Å². The Bertz CT molecular complexity index is 433. The molecule has 0 unspecified atom stereocenters. The first-order valence-corrected chi connectivity index (χ1v) is 5.05. The number of allylic oxidation sites excluding steroid dienone is 1. The lowest BCUT2D eigenvalue weighted by atomic mass is 10.4. The van der Waals surface area contributed by atoms with Gasteiger partial charge in [-0.1, -0.05) is 22.0 Å². The number of hydrogen-bond acceptors (Lipinski definition) is 2. The van der Waals surface area contributed by atoms with Crippen LogP contribution in [0.3, 0.4) is 0 Å². The molecule has 66 valence electrons. The molecule has 13 heavy (non-hydrogen) atoms. The van der Waals surface area contributed by atoms with Crippen molar-refractivity contribution in [2.75, 3.05) is 5.33 Å². The number of nitrogens with zero attached hydrogens (tertiary/aromatic N) is 3. The van der Waals surface area contributed by atoms with Gasteiger partial charge in [-0.15, -0.1) is 0 Å². The Kier molecular flexibility index (Phi) is 2.40. The fraction of sp³-hybridized carbons (Fsp3) is 0.111. The van der Waals surface area contributed by atoms with Gasteiger partial charge in [0, 0.05) is 11.5 Å². The van der Waals surface area contributed by atoms with Gasteiger partial charge in [0.15, 0.2) is 5.65 Å². The summed E-state index contributed by atoms with van der Waals surface area (Å²) < 4.78 is 1.80. The Morgan fingerprint density at radius 3 is 3.31 bits per heavy atom. The molecule has 4 heteroatoms. The Balaban J connectivity index is 2.52. The Hall–Kier alpha value is -1.16. The third kappa shape index (κ3) is 1.62. The highest BCUT2D eigenvalue weighted by molar-refractivity contribution is 9.09. The summed E-state index contributed by atoms with van der Waals surface area (Å²) in [6.07, 6.45) is 7.56. The maximum atomic E-state index is 4.21. The zero-order chi connectivity index (χ0) is 9.10. The molecular formula is C9H8BrN3. The van der Waals surface area contributed by atoms with Gasteiger partial charge < -0.3 is 0 Å². The number of imidazole rings is 1. The van der Waals surface area contributed by atoms with Crippen molar-refractivity contribution in [2.45, 2.75) is 0 Å². The molecule has 0 aliphatic carbocycles. The van der Waals surface area contributed by atoms with Crippen LogP contribution in [-0.4, -0.2) is 19.9 Å². The lowest BCUT2D eigenvalue weighted by Gasteiger charge is -1.92. The van der Waals surface area contributed by atoms with Crippen LogP contribution in [0.1, 0.15) is 5.69 Å². The van der Waals surface area contributed by atoms with Crippen LogP contribution >= 0.6 is 15.9 Å². The molecular weight excluding hydrogens is 230 g/mol. The maximum Gasteiger partial charge on any atom is 0.154 e. The number of halogens is 1. The van der Waals surface area contributed by atoms with Crippen LogP contribution in [0.15, 0.2) is 30.6 Å². The maximum absolute atomic E-state index is 4.21. The molecule has 0 N–H and O–H groups in total. The van der Waals surface area contributed by atoms with Gasteiger partial charge in [0.25, 0.3) is 0 Å². The highest BCUT2D eigenvalue weighted by Crippen LogP contribution is 2.05. The summed E-state index contributed by atoms with van der Waals surface area (Å²) in [5.74, 6) is 0. The molecule has 2 aromatic rings. The minimum Gasteiger partial charge on any atom is -0.235 e. The van der Waals surface area contributed by atoms with Crippen LogP contribution in [0, 0.1) is 0 Å². The zero-order valence-corrected chi connectivity index (χ0v) is 8.48. The first-order chi connectivity index (χ1) is 6.42. The first-order valence-electron chi connectivity index (χ1n) is 3.93. The van der Waals surface area contributed by atoms with Crippen molar-refractivity contribution >= 4 is 27.7 Å². The average Bonchev–Trinajstić information content (AvgIpc) is 2.58. The highest BCUT2D eigenvalue weighted by atomic mass is 79.9. The van der Waals surface area contributed by atoms with Crippen LogP contribution in [0.5, 0.6) is 0 Å². The molecule has 0 saturated carbocycles. The van der Waals surface area contributed by atoms with E-state index in [0.29, 0.717) is 0 Å². The number of alkyl halides is 1. The summed E-state index contributed by atoms with van der Waals surface area (Å²) in [5.41, 5.74) is 1.87. The molecule has 0 spiro atoms. The SMILES string of the molecule is BrCC=Cc1cnc2cccnn12. The molecule has 0 fully saturated rings. The van der Waals surface area contributed by atoms with E-state index in [9.17, 15) is 0 Å². The summed E-state index contributed by atoms with van der Waals surface area (Å²) in [7, 11) is 0. The normalized spacial score (nSPS) is 11.5. The molecule has 0 aromatic carbocycles. The smallest absolute Gasteiger partial charge is 0.154 e. The fourth-order valence-electron chi connectivity index (χ4n) is 1.13. The summed E-state index contributed by atoms with van der Waals surface area (Å²) >= 11 is 3.32. The minimum atomic E-state index is 0.840. The summed E-state index contributed by atoms with van der Waals surface area (Å²) in [6.45, 7) is 0.